The summed E-state index contributed by atoms with van der Waals surface area (Å²) in [5.74, 6) is 0.848. The van der Waals surface area contributed by atoms with E-state index >= 15 is 0 Å². The highest BCUT2D eigenvalue weighted by Gasteiger charge is 1.99. The highest BCUT2D eigenvalue weighted by molar-refractivity contribution is 5.51. The lowest BCUT2D eigenvalue weighted by Crippen LogP contribution is -2.15. The van der Waals surface area contributed by atoms with Crippen molar-refractivity contribution < 1.29 is 9.53 Å². The zero-order valence-corrected chi connectivity index (χ0v) is 7.62. The van der Waals surface area contributed by atoms with Crippen LogP contribution >= 0.6 is 0 Å². The van der Waals surface area contributed by atoms with Crippen LogP contribution in [0.5, 0.6) is 5.75 Å². The summed E-state index contributed by atoms with van der Waals surface area (Å²) in [4.78, 5) is 10.1. The third kappa shape index (κ3) is 2.87. The lowest BCUT2D eigenvalue weighted by Gasteiger charge is -2.07. The van der Waals surface area contributed by atoms with Crippen LogP contribution in [-0.4, -0.2) is 19.9 Å². The minimum Gasteiger partial charge on any atom is -0.496 e. The average Bonchev–Trinajstić information content (AvgIpc) is 2.19. The number of aldehydes is 1. The van der Waals surface area contributed by atoms with E-state index < -0.39 is 0 Å². The maximum atomic E-state index is 10.1. The molecule has 0 fully saturated rings. The molecule has 3 nitrogen and oxygen atoms in total. The molecular weight excluding hydrogens is 166 g/mol. The zero-order chi connectivity index (χ0) is 9.52. The van der Waals surface area contributed by atoms with Crippen LogP contribution in [-0.2, 0) is 11.3 Å². The van der Waals surface area contributed by atoms with Gasteiger partial charge in [-0.2, -0.15) is 0 Å². The summed E-state index contributed by atoms with van der Waals surface area (Å²) < 4.78 is 5.15. The largest absolute Gasteiger partial charge is 0.496 e. The second-order valence-corrected chi connectivity index (χ2v) is 2.61. The molecule has 0 atom stereocenters. The van der Waals surface area contributed by atoms with Gasteiger partial charge in [-0.15, -0.1) is 0 Å². The number of ether oxygens (including phenoxy) is 1. The first kappa shape index (κ1) is 9.74. The molecule has 3 heteroatoms. The van der Waals surface area contributed by atoms with E-state index in [1.165, 1.54) is 0 Å². The van der Waals surface area contributed by atoms with E-state index in [2.05, 4.69) is 5.32 Å². The molecule has 0 spiro atoms. The Balaban J connectivity index is 2.58. The third-order valence-electron chi connectivity index (χ3n) is 1.74. The number of carbonyl (C=O) groups excluding carboxylic acids is 1. The lowest BCUT2D eigenvalue weighted by molar-refractivity contribution is -0.107. The number of benzene rings is 1. The summed E-state index contributed by atoms with van der Waals surface area (Å²) in [6.07, 6.45) is 0.843. The molecule has 0 aliphatic rings. The van der Waals surface area contributed by atoms with Gasteiger partial charge in [-0.1, -0.05) is 18.2 Å². The fourth-order valence-corrected chi connectivity index (χ4v) is 1.11. The predicted octanol–water partition coefficient (Wildman–Crippen LogP) is 0.984. The highest BCUT2D eigenvalue weighted by Crippen LogP contribution is 2.16. The second kappa shape index (κ2) is 5.32. The SMILES string of the molecule is COc1ccccc1CNCC=O. The van der Waals surface area contributed by atoms with E-state index in [0.29, 0.717) is 13.1 Å². The van der Waals surface area contributed by atoms with Crippen LogP contribution in [0.15, 0.2) is 24.3 Å². The first-order valence-electron chi connectivity index (χ1n) is 4.14. The molecule has 0 radical (unpaired) electrons. The molecule has 0 unspecified atom stereocenters. The molecular formula is C10H13NO2. The minimum absolute atomic E-state index is 0.373. The average molecular weight is 179 g/mol. The normalized spacial score (nSPS) is 9.62. The Labute approximate surface area is 77.7 Å². The Morgan fingerprint density at radius 2 is 2.23 bits per heavy atom. The predicted molar refractivity (Wildman–Crippen MR) is 50.8 cm³/mol. The number of methoxy groups -OCH3 is 1. The summed E-state index contributed by atoms with van der Waals surface area (Å²) in [5, 5.41) is 2.98. The smallest absolute Gasteiger partial charge is 0.133 e. The Morgan fingerprint density at radius 1 is 1.46 bits per heavy atom. The van der Waals surface area contributed by atoms with Gasteiger partial charge in [0.05, 0.1) is 13.7 Å². The molecule has 1 aromatic rings. The summed E-state index contributed by atoms with van der Waals surface area (Å²) in [6.45, 7) is 1.03. The van der Waals surface area contributed by atoms with Crippen LogP contribution in [0, 0.1) is 0 Å². The minimum atomic E-state index is 0.373. The van der Waals surface area contributed by atoms with Crippen molar-refractivity contribution in [2.45, 2.75) is 6.54 Å². The molecule has 0 heterocycles. The van der Waals surface area contributed by atoms with Crippen molar-refractivity contribution in [3.8, 4) is 5.75 Å². The van der Waals surface area contributed by atoms with Crippen molar-refractivity contribution in [2.24, 2.45) is 0 Å². The quantitative estimate of drug-likeness (QED) is 0.541. The number of nitrogens with one attached hydrogen (secondary N) is 1. The van der Waals surface area contributed by atoms with Gasteiger partial charge >= 0.3 is 0 Å². The fourth-order valence-electron chi connectivity index (χ4n) is 1.11. The van der Waals surface area contributed by atoms with E-state index in [1.54, 1.807) is 7.11 Å². The number of hydrogen-bond acceptors (Lipinski definition) is 3. The number of rotatable bonds is 5. The van der Waals surface area contributed by atoms with Gasteiger partial charge in [0.15, 0.2) is 0 Å². The van der Waals surface area contributed by atoms with Gasteiger partial charge in [-0.3, -0.25) is 0 Å². The van der Waals surface area contributed by atoms with Gasteiger partial charge in [0, 0.05) is 12.1 Å². The highest BCUT2D eigenvalue weighted by atomic mass is 16.5. The van der Waals surface area contributed by atoms with Crippen LogP contribution < -0.4 is 10.1 Å². The summed E-state index contributed by atoms with van der Waals surface area (Å²) >= 11 is 0. The molecule has 0 aliphatic carbocycles. The van der Waals surface area contributed by atoms with Crippen LogP contribution in [0.1, 0.15) is 5.56 Å². The molecule has 0 amide bonds. The van der Waals surface area contributed by atoms with E-state index in [4.69, 9.17) is 4.74 Å². The molecule has 0 saturated carbocycles. The van der Waals surface area contributed by atoms with E-state index in [-0.39, 0.29) is 0 Å². The van der Waals surface area contributed by atoms with E-state index in [9.17, 15) is 4.79 Å². The Morgan fingerprint density at radius 3 is 2.92 bits per heavy atom. The number of hydrogen-bond donors (Lipinski definition) is 1. The monoisotopic (exact) mass is 179 g/mol. The van der Waals surface area contributed by atoms with Gasteiger partial charge in [0.2, 0.25) is 0 Å². The molecule has 1 rings (SSSR count). The zero-order valence-electron chi connectivity index (χ0n) is 7.62. The fraction of sp³-hybridized carbons (Fsp3) is 0.300. The number of para-hydroxylation sites is 1. The first-order chi connectivity index (χ1) is 6.38. The topological polar surface area (TPSA) is 38.3 Å². The van der Waals surface area contributed by atoms with Crippen LogP contribution in [0.3, 0.4) is 0 Å². The summed E-state index contributed by atoms with van der Waals surface area (Å²) in [5.41, 5.74) is 1.06. The van der Waals surface area contributed by atoms with Gasteiger partial charge < -0.3 is 14.8 Å². The standard InChI is InChI=1S/C10H13NO2/c1-13-10-5-3-2-4-9(10)8-11-6-7-12/h2-5,7,11H,6,8H2,1H3. The molecule has 1 N–H and O–H groups in total. The molecule has 0 aliphatic heterocycles. The van der Waals surface area contributed by atoms with Crippen molar-refractivity contribution in [2.75, 3.05) is 13.7 Å². The van der Waals surface area contributed by atoms with Gasteiger partial charge in [0.25, 0.3) is 0 Å². The lowest BCUT2D eigenvalue weighted by atomic mass is 10.2. The van der Waals surface area contributed by atoms with Crippen LogP contribution in [0.25, 0.3) is 0 Å². The molecule has 13 heavy (non-hydrogen) atoms. The van der Waals surface area contributed by atoms with E-state index in [0.717, 1.165) is 17.6 Å². The first-order valence-corrected chi connectivity index (χ1v) is 4.14. The molecule has 1 aromatic carbocycles. The summed E-state index contributed by atoms with van der Waals surface area (Å²) in [6, 6.07) is 7.73. The van der Waals surface area contributed by atoms with Crippen molar-refractivity contribution in [1.29, 1.82) is 0 Å². The third-order valence-corrected chi connectivity index (χ3v) is 1.74. The van der Waals surface area contributed by atoms with Gasteiger partial charge in [0.1, 0.15) is 12.0 Å². The molecule has 0 saturated heterocycles. The van der Waals surface area contributed by atoms with Crippen LogP contribution in [0.4, 0.5) is 0 Å². The maximum Gasteiger partial charge on any atom is 0.133 e. The van der Waals surface area contributed by atoms with E-state index in [1.807, 2.05) is 24.3 Å². The molecule has 0 aromatic heterocycles. The van der Waals surface area contributed by atoms with Crippen molar-refractivity contribution >= 4 is 6.29 Å². The maximum absolute atomic E-state index is 10.1. The molecule has 70 valence electrons. The van der Waals surface area contributed by atoms with Gasteiger partial charge in [-0.05, 0) is 6.07 Å². The van der Waals surface area contributed by atoms with Crippen LogP contribution in [0.2, 0.25) is 0 Å². The van der Waals surface area contributed by atoms with Crippen molar-refractivity contribution in [1.82, 2.24) is 5.32 Å². The van der Waals surface area contributed by atoms with Crippen molar-refractivity contribution in [3.05, 3.63) is 29.8 Å². The molecule has 0 bridgehead atoms. The van der Waals surface area contributed by atoms with Gasteiger partial charge in [-0.25, -0.2) is 0 Å². The number of carbonyl (C=O) groups is 1. The second-order valence-electron chi connectivity index (χ2n) is 2.61. The Kier molecular flexibility index (Phi) is 3.99. The van der Waals surface area contributed by atoms with Crippen molar-refractivity contribution in [3.63, 3.8) is 0 Å². The Hall–Kier alpha value is -1.35. The summed E-state index contributed by atoms with van der Waals surface area (Å²) in [7, 11) is 1.64. The Bertz CT molecular complexity index is 273.